The number of carbonyl (C=O) groups is 2. The summed E-state index contributed by atoms with van der Waals surface area (Å²) in [4.78, 5) is 23.9. The molecule has 1 aliphatic rings. The molecular formula is C15H30BN3O5. The Morgan fingerprint density at radius 3 is 2.58 bits per heavy atom. The molecule has 0 saturated carbocycles. The summed E-state index contributed by atoms with van der Waals surface area (Å²) in [5.74, 6) is -1.18. The second-order valence-electron chi connectivity index (χ2n) is 7.01. The van der Waals surface area contributed by atoms with E-state index in [1.807, 2.05) is 13.8 Å². The predicted molar refractivity (Wildman–Crippen MR) is 91.2 cm³/mol. The van der Waals surface area contributed by atoms with Crippen molar-refractivity contribution in [1.29, 1.82) is 0 Å². The van der Waals surface area contributed by atoms with Crippen LogP contribution in [0.2, 0.25) is 6.32 Å². The smallest absolute Gasteiger partial charge is 0.451 e. The van der Waals surface area contributed by atoms with E-state index in [4.69, 9.17) is 15.8 Å². The van der Waals surface area contributed by atoms with Crippen LogP contribution in [0, 0.1) is 5.92 Å². The van der Waals surface area contributed by atoms with Gasteiger partial charge in [-0.25, -0.2) is 0 Å². The van der Waals surface area contributed by atoms with Gasteiger partial charge >= 0.3 is 13.1 Å². The Hall–Kier alpha value is -1.16. The van der Waals surface area contributed by atoms with Crippen LogP contribution < -0.4 is 16.4 Å². The van der Waals surface area contributed by atoms with Gasteiger partial charge in [-0.05, 0) is 38.0 Å². The fourth-order valence-corrected chi connectivity index (χ4v) is 3.02. The molecule has 1 aliphatic heterocycles. The summed E-state index contributed by atoms with van der Waals surface area (Å²) in [6.07, 6.45) is 2.63. The van der Waals surface area contributed by atoms with Crippen LogP contribution in [0.25, 0.3) is 0 Å². The van der Waals surface area contributed by atoms with Crippen molar-refractivity contribution in [1.82, 2.24) is 10.6 Å². The summed E-state index contributed by atoms with van der Waals surface area (Å²) >= 11 is 0. The van der Waals surface area contributed by atoms with Gasteiger partial charge in [-0.15, -0.1) is 0 Å². The number of piperidine rings is 1. The van der Waals surface area contributed by atoms with Crippen molar-refractivity contribution in [3.63, 3.8) is 0 Å². The molecule has 0 spiro atoms. The number of rotatable bonds is 9. The molecular weight excluding hydrogens is 313 g/mol. The van der Waals surface area contributed by atoms with Crippen molar-refractivity contribution in [3.05, 3.63) is 0 Å². The van der Waals surface area contributed by atoms with Crippen molar-refractivity contribution >= 4 is 19.0 Å². The van der Waals surface area contributed by atoms with E-state index in [0.29, 0.717) is 38.6 Å². The lowest BCUT2D eigenvalue weighted by atomic mass is 9.78. The minimum Gasteiger partial charge on any atom is -0.480 e. The second-order valence-corrected chi connectivity index (χ2v) is 7.01. The summed E-state index contributed by atoms with van der Waals surface area (Å²) in [6.45, 7) is 4.23. The third-order valence-electron chi connectivity index (χ3n) is 4.64. The number of unbranched alkanes of at least 4 members (excludes halogenated alkanes) is 1. The van der Waals surface area contributed by atoms with Crippen molar-refractivity contribution in [2.75, 3.05) is 6.54 Å². The Kier molecular flexibility index (Phi) is 8.15. The maximum absolute atomic E-state index is 12.1. The molecule has 1 saturated heterocycles. The quantitative estimate of drug-likeness (QED) is 0.240. The number of carboxylic acid groups (broad SMARTS) is 1. The Labute approximate surface area is 143 Å². The fourth-order valence-electron chi connectivity index (χ4n) is 3.02. The molecule has 1 fully saturated rings. The molecule has 1 amide bonds. The molecule has 24 heavy (non-hydrogen) atoms. The molecule has 0 aromatic carbocycles. The second kappa shape index (κ2) is 9.36. The van der Waals surface area contributed by atoms with Crippen molar-refractivity contribution in [2.24, 2.45) is 11.7 Å². The lowest BCUT2D eigenvalue weighted by molar-refractivity contribution is -0.147. The first-order valence-electron chi connectivity index (χ1n) is 8.58. The zero-order valence-electron chi connectivity index (χ0n) is 14.5. The first-order chi connectivity index (χ1) is 11.2. The number of nitrogens with one attached hydrogen (secondary N) is 2. The molecule has 7 N–H and O–H groups in total. The van der Waals surface area contributed by atoms with Crippen LogP contribution >= 0.6 is 0 Å². The third kappa shape index (κ3) is 6.05. The largest absolute Gasteiger partial charge is 0.480 e. The van der Waals surface area contributed by atoms with E-state index >= 15 is 0 Å². The number of carbonyl (C=O) groups excluding carboxylic acids is 1. The van der Waals surface area contributed by atoms with Gasteiger partial charge in [0.25, 0.3) is 0 Å². The Morgan fingerprint density at radius 1 is 1.38 bits per heavy atom. The summed E-state index contributed by atoms with van der Waals surface area (Å²) in [7, 11) is -1.37. The molecule has 0 aliphatic carbocycles. The van der Waals surface area contributed by atoms with Gasteiger partial charge in [0.1, 0.15) is 5.54 Å². The molecule has 0 aromatic heterocycles. The molecule has 8 nitrogen and oxygen atoms in total. The molecule has 1 rings (SSSR count). The SMILES string of the molecule is CC(C)[C@H](N)C(=O)N[C@H]1CCN[C@@](CCCCB(O)O)(C(=O)O)C1. The van der Waals surface area contributed by atoms with Gasteiger partial charge < -0.3 is 31.5 Å². The lowest BCUT2D eigenvalue weighted by Crippen LogP contribution is -2.61. The van der Waals surface area contributed by atoms with Gasteiger partial charge in [-0.3, -0.25) is 9.59 Å². The lowest BCUT2D eigenvalue weighted by Gasteiger charge is -2.39. The highest BCUT2D eigenvalue weighted by molar-refractivity contribution is 6.40. The normalized spacial score (nSPS) is 25.3. The van der Waals surface area contributed by atoms with Gasteiger partial charge in [0.15, 0.2) is 0 Å². The molecule has 138 valence electrons. The van der Waals surface area contributed by atoms with Crippen LogP contribution in [-0.2, 0) is 9.59 Å². The van der Waals surface area contributed by atoms with Gasteiger partial charge in [-0.2, -0.15) is 0 Å². The van der Waals surface area contributed by atoms with Gasteiger partial charge in [0.05, 0.1) is 6.04 Å². The number of nitrogens with two attached hydrogens (primary N) is 1. The highest BCUT2D eigenvalue weighted by Gasteiger charge is 2.43. The predicted octanol–water partition coefficient (Wildman–Crippen LogP) is -0.696. The maximum atomic E-state index is 12.1. The standard InChI is InChI=1S/C15H30BN3O5/c1-10(2)12(17)13(20)19-11-5-8-18-15(9-11,14(21)22)6-3-4-7-16(23)24/h10-12,18,23-24H,3-9,17H2,1-2H3,(H,19,20)(H,21,22)/t11-,12-,15+/m0/s1. The average molecular weight is 343 g/mol. The highest BCUT2D eigenvalue weighted by Crippen LogP contribution is 2.26. The van der Waals surface area contributed by atoms with Crippen LogP contribution in [0.4, 0.5) is 0 Å². The third-order valence-corrected chi connectivity index (χ3v) is 4.64. The van der Waals surface area contributed by atoms with Crippen LogP contribution in [0.1, 0.15) is 46.0 Å². The maximum Gasteiger partial charge on any atom is 0.451 e. The monoisotopic (exact) mass is 343 g/mol. The molecule has 0 unspecified atom stereocenters. The zero-order chi connectivity index (χ0) is 18.3. The van der Waals surface area contributed by atoms with E-state index in [0.717, 1.165) is 0 Å². The Balaban J connectivity index is 2.63. The average Bonchev–Trinajstić information content (AvgIpc) is 2.50. The highest BCUT2D eigenvalue weighted by atomic mass is 16.4. The minimum atomic E-state index is -1.37. The Bertz CT molecular complexity index is 435. The van der Waals surface area contributed by atoms with E-state index in [1.54, 1.807) is 0 Å². The molecule has 0 aromatic rings. The van der Waals surface area contributed by atoms with E-state index in [9.17, 15) is 14.7 Å². The first kappa shape index (κ1) is 20.9. The van der Waals surface area contributed by atoms with Crippen molar-refractivity contribution in [2.45, 2.75) is 69.9 Å². The van der Waals surface area contributed by atoms with Gasteiger partial charge in [0.2, 0.25) is 5.91 Å². The molecule has 3 atom stereocenters. The number of amides is 1. The van der Waals surface area contributed by atoms with Crippen molar-refractivity contribution < 1.29 is 24.7 Å². The van der Waals surface area contributed by atoms with Crippen LogP contribution in [-0.4, -0.2) is 58.3 Å². The van der Waals surface area contributed by atoms with E-state index in [-0.39, 0.29) is 24.2 Å². The van der Waals surface area contributed by atoms with Gasteiger partial charge in [-0.1, -0.05) is 26.7 Å². The Morgan fingerprint density at radius 2 is 2.04 bits per heavy atom. The topological polar surface area (TPSA) is 145 Å². The first-order valence-corrected chi connectivity index (χ1v) is 8.58. The zero-order valence-corrected chi connectivity index (χ0v) is 14.5. The molecule has 0 bridgehead atoms. The number of hydrogen-bond donors (Lipinski definition) is 6. The molecule has 9 heteroatoms. The molecule has 0 radical (unpaired) electrons. The molecule has 1 heterocycles. The van der Waals surface area contributed by atoms with Crippen LogP contribution in [0.5, 0.6) is 0 Å². The van der Waals surface area contributed by atoms with E-state index in [1.165, 1.54) is 0 Å². The number of carboxylic acids is 1. The van der Waals surface area contributed by atoms with Crippen LogP contribution in [0.15, 0.2) is 0 Å². The minimum absolute atomic E-state index is 0.0147. The van der Waals surface area contributed by atoms with Gasteiger partial charge in [0, 0.05) is 6.04 Å². The van der Waals surface area contributed by atoms with Crippen LogP contribution in [0.3, 0.4) is 0 Å². The summed E-state index contributed by atoms with van der Waals surface area (Å²) in [5, 5.41) is 33.3. The fraction of sp³-hybridized carbons (Fsp3) is 0.867. The number of hydrogen-bond acceptors (Lipinski definition) is 6. The summed E-state index contributed by atoms with van der Waals surface area (Å²) in [6, 6.07) is -0.840. The van der Waals surface area contributed by atoms with E-state index in [2.05, 4.69) is 10.6 Å². The summed E-state index contributed by atoms with van der Waals surface area (Å²) in [5.41, 5.74) is 4.74. The van der Waals surface area contributed by atoms with Crippen molar-refractivity contribution in [3.8, 4) is 0 Å². The number of aliphatic carboxylic acids is 1. The summed E-state index contributed by atoms with van der Waals surface area (Å²) < 4.78 is 0. The van der Waals surface area contributed by atoms with E-state index < -0.39 is 24.7 Å².